The van der Waals surface area contributed by atoms with Gasteiger partial charge in [-0.2, -0.15) is 0 Å². The van der Waals surface area contributed by atoms with Gasteiger partial charge in [0, 0.05) is 25.2 Å². The first kappa shape index (κ1) is 18.3. The summed E-state index contributed by atoms with van der Waals surface area (Å²) in [5.74, 6) is 0.0370. The van der Waals surface area contributed by atoms with Crippen LogP contribution in [0.3, 0.4) is 0 Å². The Balaban J connectivity index is 2.04. The monoisotopic (exact) mass is 341 g/mol. The minimum atomic E-state index is -0.198. The van der Waals surface area contributed by atoms with E-state index in [2.05, 4.69) is 25.5 Å². The highest BCUT2D eigenvalue weighted by Gasteiger charge is 2.17. The van der Waals surface area contributed by atoms with Gasteiger partial charge in [0.2, 0.25) is 0 Å². The van der Waals surface area contributed by atoms with E-state index < -0.39 is 0 Å². The first-order chi connectivity index (χ1) is 12.0. The van der Waals surface area contributed by atoms with Gasteiger partial charge in [-0.15, -0.1) is 0 Å². The number of carbonyl (C=O) groups excluding carboxylic acids is 1. The molecular formula is C17H23N7O. The van der Waals surface area contributed by atoms with Gasteiger partial charge in [0.25, 0.3) is 5.91 Å². The molecule has 0 aliphatic carbocycles. The minimum Gasteiger partial charge on any atom is -0.384 e. The highest BCUT2D eigenvalue weighted by molar-refractivity contribution is 6.21. The number of nitrogens with zero attached hydrogens (tertiary/aromatic N) is 3. The molecule has 8 heteroatoms. The zero-order valence-corrected chi connectivity index (χ0v) is 14.4. The van der Waals surface area contributed by atoms with E-state index in [1.54, 1.807) is 30.6 Å². The molecule has 2 rings (SSSR count). The molecule has 2 heterocycles. The smallest absolute Gasteiger partial charge is 0.254 e. The van der Waals surface area contributed by atoms with Crippen LogP contribution in [0.1, 0.15) is 12.1 Å². The van der Waals surface area contributed by atoms with Gasteiger partial charge in [-0.05, 0) is 39.2 Å². The number of amidine groups is 1. The molecular weight excluding hydrogens is 318 g/mol. The molecule has 0 saturated carbocycles. The van der Waals surface area contributed by atoms with E-state index >= 15 is 0 Å². The Labute approximate surface area is 147 Å². The van der Waals surface area contributed by atoms with Gasteiger partial charge in [-0.25, -0.2) is 4.99 Å². The molecule has 0 spiro atoms. The van der Waals surface area contributed by atoms with Crippen molar-refractivity contribution in [2.24, 2.45) is 10.7 Å². The Morgan fingerprint density at radius 3 is 2.76 bits per heavy atom. The van der Waals surface area contributed by atoms with Gasteiger partial charge in [0.05, 0.1) is 16.8 Å². The molecule has 1 aliphatic heterocycles. The van der Waals surface area contributed by atoms with Crippen molar-refractivity contribution in [3.8, 4) is 0 Å². The van der Waals surface area contributed by atoms with Crippen molar-refractivity contribution < 1.29 is 4.79 Å². The second-order valence-electron chi connectivity index (χ2n) is 5.77. The van der Waals surface area contributed by atoms with Gasteiger partial charge in [0.15, 0.2) is 0 Å². The minimum absolute atomic E-state index is 0.150. The first-order valence-electron chi connectivity index (χ1n) is 7.93. The number of aliphatic imine (C=N–C) groups is 1. The average molecular weight is 341 g/mol. The predicted octanol–water partition coefficient (Wildman–Crippen LogP) is 0.312. The molecule has 0 atom stereocenters. The highest BCUT2D eigenvalue weighted by Crippen LogP contribution is 2.17. The van der Waals surface area contributed by atoms with Crippen molar-refractivity contribution in [2.45, 2.75) is 6.42 Å². The fourth-order valence-corrected chi connectivity index (χ4v) is 2.21. The summed E-state index contributed by atoms with van der Waals surface area (Å²) in [4.78, 5) is 22.6. The van der Waals surface area contributed by atoms with Crippen LogP contribution >= 0.6 is 0 Å². The van der Waals surface area contributed by atoms with Crippen LogP contribution in [0.2, 0.25) is 0 Å². The zero-order valence-electron chi connectivity index (χ0n) is 14.4. The van der Waals surface area contributed by atoms with E-state index in [0.29, 0.717) is 29.2 Å². The van der Waals surface area contributed by atoms with E-state index in [9.17, 15) is 4.79 Å². The molecule has 1 aliphatic rings. The molecule has 5 N–H and O–H groups in total. The van der Waals surface area contributed by atoms with Crippen LogP contribution in [0.4, 0.5) is 0 Å². The molecule has 0 bridgehead atoms. The van der Waals surface area contributed by atoms with Crippen molar-refractivity contribution >= 4 is 23.5 Å². The normalized spacial score (nSPS) is 15.4. The number of hydrogen-bond acceptors (Lipinski definition) is 6. The molecule has 0 saturated heterocycles. The van der Waals surface area contributed by atoms with Crippen LogP contribution in [-0.4, -0.2) is 55.0 Å². The van der Waals surface area contributed by atoms with Gasteiger partial charge in [-0.3, -0.25) is 15.2 Å². The van der Waals surface area contributed by atoms with Crippen LogP contribution in [-0.2, 0) is 4.79 Å². The Hall–Kier alpha value is -3.00. The molecule has 8 nitrogen and oxygen atoms in total. The van der Waals surface area contributed by atoms with Gasteiger partial charge >= 0.3 is 0 Å². The van der Waals surface area contributed by atoms with Crippen molar-refractivity contribution in [1.29, 1.82) is 5.41 Å². The zero-order chi connectivity index (χ0) is 18.2. The number of hydrogen-bond donors (Lipinski definition) is 4. The molecule has 25 heavy (non-hydrogen) atoms. The molecule has 1 amide bonds. The lowest BCUT2D eigenvalue weighted by Gasteiger charge is -2.15. The number of nitrogens with one attached hydrogen (secondary N) is 3. The second-order valence-corrected chi connectivity index (χ2v) is 5.77. The third-order valence-corrected chi connectivity index (χ3v) is 3.45. The van der Waals surface area contributed by atoms with Crippen LogP contribution in [0.25, 0.3) is 5.57 Å². The van der Waals surface area contributed by atoms with Crippen LogP contribution in [0.5, 0.6) is 0 Å². The summed E-state index contributed by atoms with van der Waals surface area (Å²) >= 11 is 0. The third kappa shape index (κ3) is 5.25. The number of nitrogens with two attached hydrogens (primary N) is 1. The first-order valence-corrected chi connectivity index (χ1v) is 7.93. The predicted molar refractivity (Wildman–Crippen MR) is 99.0 cm³/mol. The summed E-state index contributed by atoms with van der Waals surface area (Å²) in [5, 5.41) is 13.5. The molecule has 0 radical (unpaired) electrons. The number of amides is 1. The number of pyridine rings is 1. The van der Waals surface area contributed by atoms with E-state index in [4.69, 9.17) is 11.1 Å². The topological polar surface area (TPSA) is 119 Å². The van der Waals surface area contributed by atoms with E-state index in [1.807, 2.05) is 14.1 Å². The summed E-state index contributed by atoms with van der Waals surface area (Å²) in [7, 11) is 3.98. The maximum absolute atomic E-state index is 12.1. The Bertz CT molecular complexity index is 720. The number of carbonyl (C=O) groups is 1. The molecule has 0 fully saturated rings. The van der Waals surface area contributed by atoms with Crippen LogP contribution in [0, 0.1) is 5.41 Å². The van der Waals surface area contributed by atoms with Crippen molar-refractivity contribution in [2.75, 3.05) is 27.2 Å². The maximum Gasteiger partial charge on any atom is 0.254 e. The quantitative estimate of drug-likeness (QED) is 0.323. The van der Waals surface area contributed by atoms with E-state index in [1.165, 1.54) is 6.21 Å². The Morgan fingerprint density at radius 2 is 2.20 bits per heavy atom. The fraction of sp³-hybridized carbons (Fsp3) is 0.294. The fourth-order valence-electron chi connectivity index (χ4n) is 2.21. The maximum atomic E-state index is 12.1. The average Bonchev–Trinajstić information content (AvgIpc) is 2.60. The van der Waals surface area contributed by atoms with Crippen LogP contribution in [0.15, 0.2) is 47.0 Å². The number of aromatic nitrogens is 1. The van der Waals surface area contributed by atoms with Crippen molar-refractivity contribution in [1.82, 2.24) is 20.5 Å². The number of rotatable bonds is 7. The Kier molecular flexibility index (Phi) is 6.41. The second kappa shape index (κ2) is 8.74. The van der Waals surface area contributed by atoms with Crippen molar-refractivity contribution in [3.05, 3.63) is 47.7 Å². The van der Waals surface area contributed by atoms with E-state index in [0.717, 1.165) is 13.0 Å². The van der Waals surface area contributed by atoms with Crippen LogP contribution < -0.4 is 16.4 Å². The molecule has 1 aromatic heterocycles. The molecule has 132 valence electrons. The largest absolute Gasteiger partial charge is 0.384 e. The summed E-state index contributed by atoms with van der Waals surface area (Å²) < 4.78 is 0. The van der Waals surface area contributed by atoms with Gasteiger partial charge in [-0.1, -0.05) is 6.07 Å². The summed E-state index contributed by atoms with van der Waals surface area (Å²) in [6.45, 7) is 1.50. The van der Waals surface area contributed by atoms with E-state index in [-0.39, 0.29) is 11.7 Å². The standard InChI is InChI=1S/C17H23N7O/c1-24(2)9-5-8-21-17(25)12-10-22-16(23-11-12)14(15(18)19)13-6-3-4-7-20-13/h3-4,6-7,10-11,22H,5,8-9H2,1-2H3,(H3,18,19)(H,21,25)/b16-14+. The van der Waals surface area contributed by atoms with Gasteiger partial charge < -0.3 is 21.3 Å². The molecule has 0 unspecified atom stereocenters. The lowest BCUT2D eigenvalue weighted by atomic mass is 10.1. The lowest BCUT2D eigenvalue weighted by molar-refractivity contribution is -0.117. The SMILES string of the molecule is CN(C)CCCNC(=O)C1=CN/C(=C(\C(=N)N)c2ccccn2)N=C1. The summed E-state index contributed by atoms with van der Waals surface area (Å²) in [5.41, 5.74) is 7.01. The third-order valence-electron chi connectivity index (χ3n) is 3.45. The lowest BCUT2D eigenvalue weighted by Crippen LogP contribution is -2.31. The Morgan fingerprint density at radius 1 is 1.40 bits per heavy atom. The van der Waals surface area contributed by atoms with Gasteiger partial charge in [0.1, 0.15) is 11.7 Å². The summed E-state index contributed by atoms with van der Waals surface area (Å²) in [6.07, 6.45) is 5.50. The van der Waals surface area contributed by atoms with Crippen molar-refractivity contribution in [3.63, 3.8) is 0 Å². The highest BCUT2D eigenvalue weighted by atomic mass is 16.1. The summed E-state index contributed by atoms with van der Waals surface area (Å²) in [6, 6.07) is 5.33. The molecule has 0 aromatic carbocycles. The molecule has 1 aromatic rings.